The highest BCUT2D eigenvalue weighted by atomic mass is 35.5. The third-order valence-electron chi connectivity index (χ3n) is 8.46. The van der Waals surface area contributed by atoms with Gasteiger partial charge in [0.15, 0.2) is 5.69 Å². The van der Waals surface area contributed by atoms with Gasteiger partial charge in [0.05, 0.1) is 31.1 Å². The van der Waals surface area contributed by atoms with Crippen LogP contribution in [0.4, 0.5) is 39.8 Å². The van der Waals surface area contributed by atoms with Gasteiger partial charge in [-0.15, -0.1) is 0 Å². The lowest BCUT2D eigenvalue weighted by atomic mass is 10.1. The maximum Gasteiger partial charge on any atom is 0.397 e. The zero-order chi connectivity index (χ0) is 46.8. The minimum atomic E-state index is -0.962. The van der Waals surface area contributed by atoms with E-state index in [9.17, 15) is 34.1 Å². The summed E-state index contributed by atoms with van der Waals surface area (Å²) in [7, 11) is 0. The second kappa shape index (κ2) is 23.7. The van der Waals surface area contributed by atoms with E-state index < -0.39 is 28.7 Å². The first-order valence-electron chi connectivity index (χ1n) is 19.0. The fraction of sp³-hybridized carbons (Fsp3) is 0.200. The predicted molar refractivity (Wildman–Crippen MR) is 241 cm³/mol. The first-order valence-corrected chi connectivity index (χ1v) is 19.4. The number of halogens is 1. The second-order valence-electron chi connectivity index (χ2n) is 13.4. The minimum Gasteiger partial charge on any atom is -0.459 e. The maximum absolute atomic E-state index is 12.7. The monoisotopic (exact) mass is 879 g/mol. The Bertz CT molecular complexity index is 2560. The van der Waals surface area contributed by atoms with Crippen molar-refractivity contribution in [1.29, 1.82) is 0 Å². The zero-order valence-electron chi connectivity index (χ0n) is 35.3. The number of ether oxygens (including phenoxy) is 3. The number of nitrogens with one attached hydrogen (secondary N) is 3. The molecule has 5 aromatic carbocycles. The largest absolute Gasteiger partial charge is 0.459 e. The van der Waals surface area contributed by atoms with Gasteiger partial charge in [0.25, 0.3) is 5.69 Å². The van der Waals surface area contributed by atoms with Crippen LogP contribution in [0, 0.1) is 44.4 Å². The molecule has 0 saturated carbocycles. The molecule has 0 aliphatic heterocycles. The van der Waals surface area contributed by atoms with Gasteiger partial charge in [0, 0.05) is 45.1 Å². The van der Waals surface area contributed by atoms with Crippen LogP contribution >= 0.6 is 11.6 Å². The van der Waals surface area contributed by atoms with Gasteiger partial charge in [0.2, 0.25) is 5.91 Å². The third kappa shape index (κ3) is 15.9. The summed E-state index contributed by atoms with van der Waals surface area (Å²) in [6.07, 6.45) is 0.0975. The Hall–Kier alpha value is -7.97. The summed E-state index contributed by atoms with van der Waals surface area (Å²) in [6, 6.07) is 24.6. The van der Waals surface area contributed by atoms with Crippen LogP contribution in [0.5, 0.6) is 11.5 Å². The molecule has 0 atom stereocenters. The van der Waals surface area contributed by atoms with Crippen LogP contribution in [0.3, 0.4) is 0 Å². The number of carbonyl (C=O) groups excluding carboxylic acids is 5. The highest BCUT2D eigenvalue weighted by Gasteiger charge is 2.17. The molecule has 0 spiro atoms. The lowest BCUT2D eigenvalue weighted by Crippen LogP contribution is -2.25. The Morgan fingerprint density at radius 3 is 1.86 bits per heavy atom. The number of aryl methyl sites for hydroxylation is 4. The van der Waals surface area contributed by atoms with Gasteiger partial charge in [-0.2, -0.15) is 0 Å². The van der Waals surface area contributed by atoms with Gasteiger partial charge in [-0.1, -0.05) is 23.7 Å². The van der Waals surface area contributed by atoms with Gasteiger partial charge < -0.3 is 41.6 Å². The SMILES string of the molecule is CCOC(=O)C(=O)Nc1ccc(N)c(C)c1.Cc1cc(N)ccc1[N+](=O)[O-].[C-]#[N+]c1cc(Cl)cc(Oc2cc(CC(=O)Nc3ccc(NC(=O)C(=O)OCC)cc3C)ccc2C)c1. The first kappa shape index (κ1) is 49.4. The third-order valence-corrected chi connectivity index (χ3v) is 8.67. The number of nitrogens with two attached hydrogens (primary N) is 2. The van der Waals surface area contributed by atoms with Crippen molar-refractivity contribution in [3.05, 3.63) is 145 Å². The number of hydrogen-bond donors (Lipinski definition) is 5. The van der Waals surface area contributed by atoms with Gasteiger partial charge in [0.1, 0.15) is 11.5 Å². The van der Waals surface area contributed by atoms with Crippen molar-refractivity contribution in [2.75, 3.05) is 40.6 Å². The molecule has 0 aliphatic rings. The van der Waals surface area contributed by atoms with E-state index in [1.165, 1.54) is 12.1 Å². The molecule has 17 nitrogen and oxygen atoms in total. The van der Waals surface area contributed by atoms with Crippen LogP contribution in [0.25, 0.3) is 4.85 Å². The van der Waals surface area contributed by atoms with Crippen molar-refractivity contribution in [2.45, 2.75) is 48.0 Å². The van der Waals surface area contributed by atoms with Crippen molar-refractivity contribution >= 4 is 81.1 Å². The number of hydrogen-bond acceptors (Lipinski definition) is 12. The average Bonchev–Trinajstić information content (AvgIpc) is 3.21. The lowest BCUT2D eigenvalue weighted by Gasteiger charge is -2.13. The molecule has 5 aromatic rings. The molecular weight excluding hydrogens is 834 g/mol. The van der Waals surface area contributed by atoms with E-state index in [1.807, 2.05) is 26.0 Å². The Balaban J connectivity index is 0.000000318. The number of nitrogens with zero attached hydrogens (tertiary/aromatic N) is 2. The number of nitrogen functional groups attached to an aromatic ring is 2. The topological polar surface area (TPSA) is 249 Å². The van der Waals surface area contributed by atoms with Gasteiger partial charge in [-0.05, 0) is 137 Å². The van der Waals surface area contributed by atoms with E-state index in [0.717, 1.165) is 16.7 Å². The van der Waals surface area contributed by atoms with Crippen LogP contribution in [0.15, 0.2) is 91.0 Å². The Kier molecular flexibility index (Phi) is 18.6. The van der Waals surface area contributed by atoms with E-state index in [1.54, 1.807) is 94.4 Å². The molecule has 0 aliphatic carbocycles. The van der Waals surface area contributed by atoms with Crippen molar-refractivity contribution in [3.63, 3.8) is 0 Å². The van der Waals surface area contributed by atoms with Crippen molar-refractivity contribution in [2.24, 2.45) is 0 Å². The molecule has 328 valence electrons. The molecule has 18 heteroatoms. The molecule has 5 rings (SSSR count). The Labute approximate surface area is 368 Å². The maximum atomic E-state index is 12.7. The molecule has 0 heterocycles. The van der Waals surface area contributed by atoms with Gasteiger partial charge in [-0.3, -0.25) is 24.5 Å². The van der Waals surface area contributed by atoms with Crippen LogP contribution in [0.1, 0.15) is 41.7 Å². The summed E-state index contributed by atoms with van der Waals surface area (Å²) in [6.45, 7) is 17.8. The number of nitro benzene ring substituents is 1. The standard InChI is InChI=1S/C27H24ClN3O5.C11H14N2O3.C7H8N2O2/c1-5-35-27(34)26(33)30-20-8-9-23(17(3)10-20)31-25(32)12-18-7-6-16(2)24(11-18)36-22-14-19(28)13-21(15-22)29-4;1-3-16-11(15)10(14)13-8-4-5-9(12)7(2)6-8;1-5-4-6(8)2-3-7(5)9(10)11/h6-11,13-15H,5,12H2,1-3H3,(H,30,33)(H,31,32);4-6H,3,12H2,1-2H3,(H,13,14);2-4H,8H2,1H3. The quantitative estimate of drug-likeness (QED) is 0.0221. The number of amides is 3. The van der Waals surface area contributed by atoms with Crippen LogP contribution in [-0.2, 0) is 39.9 Å². The zero-order valence-corrected chi connectivity index (χ0v) is 36.0. The average molecular weight is 880 g/mol. The summed E-state index contributed by atoms with van der Waals surface area (Å²) in [5.41, 5.74) is 17.9. The molecular formula is C45H46ClN7O10. The summed E-state index contributed by atoms with van der Waals surface area (Å²) >= 11 is 6.07. The van der Waals surface area contributed by atoms with E-state index in [-0.39, 0.29) is 31.2 Å². The fourth-order valence-corrected chi connectivity index (χ4v) is 5.54. The van der Waals surface area contributed by atoms with Crippen molar-refractivity contribution in [3.8, 4) is 11.5 Å². The summed E-state index contributed by atoms with van der Waals surface area (Å²) in [4.78, 5) is 71.6. The molecule has 0 saturated heterocycles. The highest BCUT2D eigenvalue weighted by molar-refractivity contribution is 6.37. The lowest BCUT2D eigenvalue weighted by molar-refractivity contribution is -0.385. The summed E-state index contributed by atoms with van der Waals surface area (Å²) in [5.74, 6) is -2.76. The molecule has 0 bridgehead atoms. The number of benzene rings is 5. The number of anilines is 5. The van der Waals surface area contributed by atoms with Crippen LogP contribution < -0.4 is 32.2 Å². The normalized spacial score (nSPS) is 9.94. The van der Waals surface area contributed by atoms with E-state index in [2.05, 4.69) is 30.3 Å². The fourth-order valence-electron chi connectivity index (χ4n) is 5.32. The molecule has 3 amide bonds. The second-order valence-corrected chi connectivity index (χ2v) is 13.9. The number of esters is 2. The molecule has 0 unspecified atom stereocenters. The van der Waals surface area contributed by atoms with Crippen LogP contribution in [-0.4, -0.2) is 47.8 Å². The van der Waals surface area contributed by atoms with Crippen molar-refractivity contribution < 1.29 is 43.1 Å². The molecule has 0 aromatic heterocycles. The van der Waals surface area contributed by atoms with Crippen LogP contribution in [0.2, 0.25) is 5.02 Å². The van der Waals surface area contributed by atoms with Gasteiger partial charge >= 0.3 is 23.8 Å². The molecule has 0 fully saturated rings. The molecule has 7 N–H and O–H groups in total. The molecule has 0 radical (unpaired) electrons. The summed E-state index contributed by atoms with van der Waals surface area (Å²) in [5, 5.41) is 18.4. The van der Waals surface area contributed by atoms with E-state index in [4.69, 9.17) is 34.4 Å². The minimum absolute atomic E-state index is 0.0975. The predicted octanol–water partition coefficient (Wildman–Crippen LogP) is 8.55. The number of rotatable bonds is 10. The smallest absolute Gasteiger partial charge is 0.397 e. The van der Waals surface area contributed by atoms with E-state index in [0.29, 0.717) is 61.8 Å². The van der Waals surface area contributed by atoms with E-state index >= 15 is 0 Å². The Morgan fingerprint density at radius 1 is 0.714 bits per heavy atom. The number of nitro groups is 1. The Morgan fingerprint density at radius 2 is 1.32 bits per heavy atom. The summed E-state index contributed by atoms with van der Waals surface area (Å²) < 4.78 is 15.2. The van der Waals surface area contributed by atoms with Gasteiger partial charge in [-0.25, -0.2) is 14.4 Å². The highest BCUT2D eigenvalue weighted by Crippen LogP contribution is 2.32. The number of carbonyl (C=O) groups is 5. The first-order chi connectivity index (χ1) is 29.8. The molecule has 63 heavy (non-hydrogen) atoms. The van der Waals surface area contributed by atoms with Crippen molar-refractivity contribution in [1.82, 2.24) is 0 Å².